The number of para-hydroxylation sites is 1. The van der Waals surface area contributed by atoms with Gasteiger partial charge < -0.3 is 10.1 Å². The molecule has 0 aliphatic rings. The lowest BCUT2D eigenvalue weighted by atomic mass is 10.1. The summed E-state index contributed by atoms with van der Waals surface area (Å²) in [5.41, 5.74) is 1.97. The Balaban J connectivity index is 2.74. The van der Waals surface area contributed by atoms with Gasteiger partial charge in [0.15, 0.2) is 0 Å². The number of nitrogens with one attached hydrogen (secondary N) is 1. The van der Waals surface area contributed by atoms with E-state index in [4.69, 9.17) is 4.74 Å². The quantitative estimate of drug-likeness (QED) is 0.792. The van der Waals surface area contributed by atoms with E-state index in [-0.39, 0.29) is 5.91 Å². The summed E-state index contributed by atoms with van der Waals surface area (Å²) in [5.74, 6) is -0.0464. The number of rotatable bonds is 4. The molecule has 1 aromatic rings. The fraction of sp³-hybridized carbons (Fsp3) is 0.364. The molecule has 1 rings (SSSR count). The second-order valence-electron chi connectivity index (χ2n) is 3.08. The number of carbonyl (C=O) groups is 1. The molecule has 0 aromatic heterocycles. The minimum absolute atomic E-state index is 0.0464. The summed E-state index contributed by atoms with van der Waals surface area (Å²) in [6.45, 7) is 2.17. The van der Waals surface area contributed by atoms with Crippen molar-refractivity contribution in [2.45, 2.75) is 13.3 Å². The van der Waals surface area contributed by atoms with Gasteiger partial charge in [0.05, 0.1) is 6.61 Å². The number of amides is 1. The van der Waals surface area contributed by atoms with Gasteiger partial charge in [-0.15, -0.1) is 0 Å². The third-order valence-electron chi connectivity index (χ3n) is 1.90. The average Bonchev–Trinajstić information content (AvgIpc) is 2.16. The van der Waals surface area contributed by atoms with Crippen molar-refractivity contribution in [2.24, 2.45) is 0 Å². The van der Waals surface area contributed by atoms with Crippen LogP contribution in [0.15, 0.2) is 24.3 Å². The van der Waals surface area contributed by atoms with Crippen LogP contribution in [0.25, 0.3) is 0 Å². The molecule has 0 spiro atoms. The van der Waals surface area contributed by atoms with Crippen LogP contribution in [-0.4, -0.2) is 19.6 Å². The van der Waals surface area contributed by atoms with Crippen molar-refractivity contribution >= 4 is 11.6 Å². The molecule has 0 saturated heterocycles. The summed E-state index contributed by atoms with van der Waals surface area (Å²) >= 11 is 0. The zero-order valence-corrected chi connectivity index (χ0v) is 8.54. The molecule has 1 amide bonds. The van der Waals surface area contributed by atoms with Gasteiger partial charge in [0.1, 0.15) is 0 Å². The van der Waals surface area contributed by atoms with Crippen molar-refractivity contribution in [3.05, 3.63) is 29.8 Å². The van der Waals surface area contributed by atoms with Gasteiger partial charge in [-0.05, 0) is 18.1 Å². The zero-order chi connectivity index (χ0) is 10.4. The van der Waals surface area contributed by atoms with Gasteiger partial charge in [0, 0.05) is 19.7 Å². The van der Waals surface area contributed by atoms with Gasteiger partial charge in [-0.2, -0.15) is 0 Å². The normalized spacial score (nSPS) is 9.86. The van der Waals surface area contributed by atoms with Gasteiger partial charge in [0.2, 0.25) is 5.91 Å². The molecule has 1 N–H and O–H groups in total. The van der Waals surface area contributed by atoms with E-state index in [0.717, 1.165) is 17.7 Å². The standard InChI is InChI=1S/C11H15NO2/c1-9(13)12-11-6-4-3-5-10(11)7-8-14-2/h3-6H,7-8H2,1-2H3,(H,12,13). The van der Waals surface area contributed by atoms with E-state index in [1.54, 1.807) is 7.11 Å². The summed E-state index contributed by atoms with van der Waals surface area (Å²) in [6.07, 6.45) is 0.812. The first kappa shape index (κ1) is 10.7. The predicted octanol–water partition coefficient (Wildman–Crippen LogP) is 1.83. The summed E-state index contributed by atoms with van der Waals surface area (Å²) in [6, 6.07) is 7.74. The highest BCUT2D eigenvalue weighted by atomic mass is 16.5. The summed E-state index contributed by atoms with van der Waals surface area (Å²) in [7, 11) is 1.67. The monoisotopic (exact) mass is 193 g/mol. The summed E-state index contributed by atoms with van der Waals surface area (Å²) < 4.78 is 4.99. The number of hydrogen-bond donors (Lipinski definition) is 1. The maximum absolute atomic E-state index is 10.9. The van der Waals surface area contributed by atoms with Crippen LogP contribution >= 0.6 is 0 Å². The zero-order valence-electron chi connectivity index (χ0n) is 8.54. The molecule has 0 bridgehead atoms. The van der Waals surface area contributed by atoms with Crippen molar-refractivity contribution in [2.75, 3.05) is 19.0 Å². The van der Waals surface area contributed by atoms with E-state index < -0.39 is 0 Å². The second-order valence-corrected chi connectivity index (χ2v) is 3.08. The van der Waals surface area contributed by atoms with E-state index in [9.17, 15) is 4.79 Å². The first-order valence-corrected chi connectivity index (χ1v) is 4.58. The molecule has 0 saturated carbocycles. The number of methoxy groups -OCH3 is 1. The maximum Gasteiger partial charge on any atom is 0.221 e. The minimum atomic E-state index is -0.0464. The highest BCUT2D eigenvalue weighted by Crippen LogP contribution is 2.15. The molecule has 0 aliphatic heterocycles. The van der Waals surface area contributed by atoms with Crippen molar-refractivity contribution in [1.82, 2.24) is 0 Å². The minimum Gasteiger partial charge on any atom is -0.384 e. The molecule has 0 aliphatic carbocycles. The van der Waals surface area contributed by atoms with E-state index in [0.29, 0.717) is 6.61 Å². The van der Waals surface area contributed by atoms with Crippen LogP contribution in [0.4, 0.5) is 5.69 Å². The largest absolute Gasteiger partial charge is 0.384 e. The van der Waals surface area contributed by atoms with Crippen LogP contribution in [0.1, 0.15) is 12.5 Å². The van der Waals surface area contributed by atoms with Crippen molar-refractivity contribution in [3.8, 4) is 0 Å². The number of carbonyl (C=O) groups excluding carboxylic acids is 1. The molecule has 0 unspecified atom stereocenters. The number of benzene rings is 1. The number of hydrogen-bond acceptors (Lipinski definition) is 2. The molecule has 14 heavy (non-hydrogen) atoms. The highest BCUT2D eigenvalue weighted by Gasteiger charge is 2.01. The molecule has 76 valence electrons. The van der Waals surface area contributed by atoms with Crippen molar-refractivity contribution in [3.63, 3.8) is 0 Å². The molecule has 0 heterocycles. The van der Waals surface area contributed by atoms with Crippen LogP contribution in [0, 0.1) is 0 Å². The topological polar surface area (TPSA) is 38.3 Å². The lowest BCUT2D eigenvalue weighted by molar-refractivity contribution is -0.114. The van der Waals surface area contributed by atoms with Crippen molar-refractivity contribution < 1.29 is 9.53 Å². The Morgan fingerprint density at radius 1 is 1.43 bits per heavy atom. The SMILES string of the molecule is COCCc1ccccc1NC(C)=O. The van der Waals surface area contributed by atoms with E-state index in [1.807, 2.05) is 24.3 Å². The van der Waals surface area contributed by atoms with Crippen LogP contribution in [0.5, 0.6) is 0 Å². The van der Waals surface area contributed by atoms with Gasteiger partial charge in [-0.1, -0.05) is 18.2 Å². The Bertz CT molecular complexity index is 310. The van der Waals surface area contributed by atoms with Crippen LogP contribution in [0.2, 0.25) is 0 Å². The summed E-state index contributed by atoms with van der Waals surface area (Å²) in [5, 5.41) is 2.79. The van der Waals surface area contributed by atoms with Gasteiger partial charge in [0.25, 0.3) is 0 Å². The van der Waals surface area contributed by atoms with E-state index in [1.165, 1.54) is 6.92 Å². The molecule has 1 aromatic carbocycles. The molecule has 0 fully saturated rings. The van der Waals surface area contributed by atoms with Gasteiger partial charge in [-0.25, -0.2) is 0 Å². The smallest absolute Gasteiger partial charge is 0.221 e. The van der Waals surface area contributed by atoms with Gasteiger partial charge in [-0.3, -0.25) is 4.79 Å². The number of ether oxygens (including phenoxy) is 1. The third-order valence-corrected chi connectivity index (χ3v) is 1.90. The first-order chi connectivity index (χ1) is 6.74. The Hall–Kier alpha value is -1.35. The third kappa shape index (κ3) is 3.18. The Morgan fingerprint density at radius 2 is 2.14 bits per heavy atom. The molecule has 3 nitrogen and oxygen atoms in total. The fourth-order valence-corrected chi connectivity index (χ4v) is 1.26. The Morgan fingerprint density at radius 3 is 2.79 bits per heavy atom. The Labute approximate surface area is 84.1 Å². The maximum atomic E-state index is 10.9. The van der Waals surface area contributed by atoms with E-state index >= 15 is 0 Å². The van der Waals surface area contributed by atoms with Gasteiger partial charge >= 0.3 is 0 Å². The predicted molar refractivity (Wildman–Crippen MR) is 56.3 cm³/mol. The molecule has 3 heteroatoms. The lowest BCUT2D eigenvalue weighted by Gasteiger charge is -2.08. The molecular formula is C11H15NO2. The molecule has 0 atom stereocenters. The lowest BCUT2D eigenvalue weighted by Crippen LogP contribution is -2.08. The fourth-order valence-electron chi connectivity index (χ4n) is 1.26. The van der Waals surface area contributed by atoms with Crippen LogP contribution in [0.3, 0.4) is 0 Å². The highest BCUT2D eigenvalue weighted by molar-refractivity contribution is 5.89. The molecule has 0 radical (unpaired) electrons. The van der Waals surface area contributed by atoms with Crippen LogP contribution in [-0.2, 0) is 16.0 Å². The first-order valence-electron chi connectivity index (χ1n) is 4.58. The van der Waals surface area contributed by atoms with Crippen molar-refractivity contribution in [1.29, 1.82) is 0 Å². The summed E-state index contributed by atoms with van der Waals surface area (Å²) in [4.78, 5) is 10.9. The van der Waals surface area contributed by atoms with Crippen LogP contribution < -0.4 is 5.32 Å². The molecular weight excluding hydrogens is 178 g/mol. The van der Waals surface area contributed by atoms with E-state index in [2.05, 4.69) is 5.32 Å². The average molecular weight is 193 g/mol. The second kappa shape index (κ2) is 5.40. The number of anilines is 1. The Kier molecular flexibility index (Phi) is 4.13.